The van der Waals surface area contributed by atoms with Gasteiger partial charge in [-0.05, 0) is 42.3 Å². The Hall–Kier alpha value is -3.15. The number of aliphatic hydroxyl groups is 1. The van der Waals surface area contributed by atoms with E-state index >= 15 is 0 Å². The summed E-state index contributed by atoms with van der Waals surface area (Å²) in [5, 5.41) is 16.0. The number of hydrogen-bond acceptors (Lipinski definition) is 5. The zero-order valence-corrected chi connectivity index (χ0v) is 19.9. The zero-order valence-electron chi connectivity index (χ0n) is 19.2. The number of halogens is 1. The van der Waals surface area contributed by atoms with Crippen LogP contribution in [-0.4, -0.2) is 15.2 Å². The van der Waals surface area contributed by atoms with Crippen molar-refractivity contribution in [3.63, 3.8) is 0 Å². The van der Waals surface area contributed by atoms with Gasteiger partial charge in [0.15, 0.2) is 5.76 Å². The Balaban J connectivity index is 0.00000149. The summed E-state index contributed by atoms with van der Waals surface area (Å²) in [5.41, 5.74) is 3.96. The van der Waals surface area contributed by atoms with Crippen LogP contribution in [0.1, 0.15) is 55.7 Å². The van der Waals surface area contributed by atoms with Gasteiger partial charge in [-0.1, -0.05) is 74.3 Å². The fourth-order valence-electron chi connectivity index (χ4n) is 3.52. The molecule has 0 radical (unpaired) electrons. The van der Waals surface area contributed by atoms with E-state index < -0.39 is 6.10 Å². The van der Waals surface area contributed by atoms with Crippen LogP contribution in [0.25, 0.3) is 11.3 Å². The summed E-state index contributed by atoms with van der Waals surface area (Å²) in [7, 11) is 0. The molecular weight excluding hydrogens is 436 g/mol. The van der Waals surface area contributed by atoms with Crippen molar-refractivity contribution < 1.29 is 14.4 Å². The van der Waals surface area contributed by atoms with E-state index in [0.717, 1.165) is 29.7 Å². The van der Waals surface area contributed by atoms with E-state index in [1.165, 1.54) is 0 Å². The van der Waals surface area contributed by atoms with Crippen molar-refractivity contribution in [1.82, 2.24) is 10.1 Å². The van der Waals surface area contributed by atoms with E-state index in [4.69, 9.17) is 20.9 Å². The largest absolute Gasteiger partial charge is 0.489 e. The molecular formula is C27H29ClN2O3. The number of para-hydroxylation sites is 1. The second-order valence-electron chi connectivity index (χ2n) is 7.22. The third-order valence-electron chi connectivity index (χ3n) is 5.04. The molecule has 2 heterocycles. The van der Waals surface area contributed by atoms with Crippen LogP contribution in [0.4, 0.5) is 0 Å². The average molecular weight is 465 g/mol. The van der Waals surface area contributed by atoms with Crippen molar-refractivity contribution in [2.45, 2.75) is 46.3 Å². The molecule has 1 N–H and O–H groups in total. The van der Waals surface area contributed by atoms with Crippen LogP contribution in [0.5, 0.6) is 5.75 Å². The maximum atomic E-state index is 11.0. The molecule has 2 aromatic heterocycles. The fraction of sp³-hybridized carbons (Fsp3) is 0.259. The van der Waals surface area contributed by atoms with Gasteiger partial charge in [0.25, 0.3) is 0 Å². The van der Waals surface area contributed by atoms with Gasteiger partial charge in [-0.25, -0.2) is 0 Å². The first kappa shape index (κ1) is 24.5. The minimum Gasteiger partial charge on any atom is -0.489 e. The molecule has 172 valence electrons. The van der Waals surface area contributed by atoms with Gasteiger partial charge in [0.1, 0.15) is 24.2 Å². The highest BCUT2D eigenvalue weighted by atomic mass is 35.5. The summed E-state index contributed by atoms with van der Waals surface area (Å²) < 4.78 is 11.7. The molecule has 5 nitrogen and oxygen atoms in total. The van der Waals surface area contributed by atoms with E-state index in [9.17, 15) is 5.11 Å². The number of rotatable bonds is 8. The molecule has 0 saturated carbocycles. The van der Waals surface area contributed by atoms with Gasteiger partial charge in [0.2, 0.25) is 0 Å². The standard InChI is InChI=1S/C25H23ClN2O3.C2H6/c1-2-7-17-14-19(26)11-12-21(17)23-22(16-30-20-9-4-3-5-10-20)25(31-28-23)24(29)18-8-6-13-27-15-18;1-2/h3-6,8-15,24,29H,2,7,16H2,1H3;1-2H3. The topological polar surface area (TPSA) is 68.4 Å². The smallest absolute Gasteiger partial charge is 0.177 e. The molecule has 4 rings (SSSR count). The highest BCUT2D eigenvalue weighted by Crippen LogP contribution is 2.35. The molecule has 0 aliphatic carbocycles. The molecule has 0 aliphatic heterocycles. The van der Waals surface area contributed by atoms with Crippen molar-refractivity contribution in [2.24, 2.45) is 0 Å². The van der Waals surface area contributed by atoms with Crippen LogP contribution in [-0.2, 0) is 13.0 Å². The van der Waals surface area contributed by atoms with E-state index in [0.29, 0.717) is 27.6 Å². The first-order valence-electron chi connectivity index (χ1n) is 11.2. The lowest BCUT2D eigenvalue weighted by Crippen LogP contribution is -2.06. The van der Waals surface area contributed by atoms with Gasteiger partial charge in [0, 0.05) is 28.5 Å². The lowest BCUT2D eigenvalue weighted by molar-refractivity contribution is 0.171. The molecule has 6 heteroatoms. The van der Waals surface area contributed by atoms with Gasteiger partial charge < -0.3 is 14.4 Å². The van der Waals surface area contributed by atoms with E-state index in [1.54, 1.807) is 24.5 Å². The maximum Gasteiger partial charge on any atom is 0.177 e. The summed E-state index contributed by atoms with van der Waals surface area (Å²) in [5.74, 6) is 1.07. The Morgan fingerprint density at radius 1 is 1.06 bits per heavy atom. The van der Waals surface area contributed by atoms with Gasteiger partial charge in [-0.2, -0.15) is 0 Å². The highest BCUT2D eigenvalue weighted by Gasteiger charge is 2.26. The molecule has 0 fully saturated rings. The number of aromatic nitrogens is 2. The summed E-state index contributed by atoms with van der Waals surface area (Å²) >= 11 is 6.24. The average Bonchev–Trinajstić information content (AvgIpc) is 3.28. The molecule has 0 bridgehead atoms. The molecule has 4 aromatic rings. The summed E-state index contributed by atoms with van der Waals surface area (Å²) in [6.45, 7) is 6.31. The van der Waals surface area contributed by atoms with E-state index in [1.807, 2.05) is 62.4 Å². The molecule has 0 aliphatic rings. The van der Waals surface area contributed by atoms with Gasteiger partial charge in [-0.15, -0.1) is 0 Å². The number of hydrogen-bond donors (Lipinski definition) is 1. The van der Waals surface area contributed by atoms with E-state index in [2.05, 4.69) is 17.1 Å². The van der Waals surface area contributed by atoms with Crippen LogP contribution >= 0.6 is 11.6 Å². The van der Waals surface area contributed by atoms with Gasteiger partial charge in [-0.3, -0.25) is 4.98 Å². The third-order valence-corrected chi connectivity index (χ3v) is 5.27. The summed E-state index contributed by atoms with van der Waals surface area (Å²) in [4.78, 5) is 4.10. The van der Waals surface area contributed by atoms with Crippen molar-refractivity contribution in [3.05, 3.63) is 101 Å². The number of ether oxygens (including phenoxy) is 1. The van der Waals surface area contributed by atoms with Crippen LogP contribution in [0.2, 0.25) is 5.02 Å². The lowest BCUT2D eigenvalue weighted by atomic mass is 9.96. The van der Waals surface area contributed by atoms with Crippen LogP contribution in [0.15, 0.2) is 77.6 Å². The Morgan fingerprint density at radius 3 is 2.55 bits per heavy atom. The number of nitrogens with zero attached hydrogens (tertiary/aromatic N) is 2. The quantitative estimate of drug-likeness (QED) is 0.303. The number of pyridine rings is 1. The number of benzene rings is 2. The van der Waals surface area contributed by atoms with E-state index in [-0.39, 0.29) is 6.61 Å². The number of aryl methyl sites for hydroxylation is 1. The Kier molecular flexibility index (Phi) is 9.04. The molecule has 0 spiro atoms. The third kappa shape index (κ3) is 6.01. The molecule has 2 aromatic carbocycles. The molecule has 1 unspecified atom stereocenters. The fourth-order valence-corrected chi connectivity index (χ4v) is 3.71. The summed E-state index contributed by atoms with van der Waals surface area (Å²) in [6.07, 6.45) is 4.08. The lowest BCUT2D eigenvalue weighted by Gasteiger charge is -2.13. The predicted octanol–water partition coefficient (Wildman–Crippen LogP) is 7.03. The van der Waals surface area contributed by atoms with Gasteiger partial charge in [0.05, 0.1) is 5.56 Å². The monoisotopic (exact) mass is 464 g/mol. The molecule has 0 amide bonds. The number of aliphatic hydroxyl groups excluding tert-OH is 1. The van der Waals surface area contributed by atoms with Crippen molar-refractivity contribution in [1.29, 1.82) is 0 Å². The van der Waals surface area contributed by atoms with Gasteiger partial charge >= 0.3 is 0 Å². The molecule has 1 atom stereocenters. The van der Waals surface area contributed by atoms with Crippen molar-refractivity contribution in [3.8, 4) is 17.0 Å². The predicted molar refractivity (Wildman–Crippen MR) is 131 cm³/mol. The minimum absolute atomic E-state index is 0.198. The Labute approximate surface area is 200 Å². The second-order valence-corrected chi connectivity index (χ2v) is 7.65. The van der Waals surface area contributed by atoms with Crippen LogP contribution in [0, 0.1) is 0 Å². The van der Waals surface area contributed by atoms with Crippen LogP contribution in [0.3, 0.4) is 0 Å². The SMILES string of the molecule is CC.CCCc1cc(Cl)ccc1-c1noc(C(O)c2cccnc2)c1COc1ccccc1. The first-order valence-corrected chi connectivity index (χ1v) is 11.6. The summed E-state index contributed by atoms with van der Waals surface area (Å²) in [6, 6.07) is 18.8. The molecule has 33 heavy (non-hydrogen) atoms. The van der Waals surface area contributed by atoms with Crippen molar-refractivity contribution in [2.75, 3.05) is 0 Å². The first-order chi connectivity index (χ1) is 16.2. The zero-order chi connectivity index (χ0) is 23.6. The maximum absolute atomic E-state index is 11.0. The Bertz CT molecular complexity index is 1130. The highest BCUT2D eigenvalue weighted by molar-refractivity contribution is 6.30. The normalized spacial score (nSPS) is 11.4. The molecule has 0 saturated heterocycles. The van der Waals surface area contributed by atoms with Crippen molar-refractivity contribution >= 4 is 11.6 Å². The second kappa shape index (κ2) is 12.2. The Morgan fingerprint density at radius 2 is 1.85 bits per heavy atom. The van der Waals surface area contributed by atoms with Crippen LogP contribution < -0.4 is 4.74 Å². The minimum atomic E-state index is -1.01.